The highest BCUT2D eigenvalue weighted by Crippen LogP contribution is 2.22. The van der Waals surface area contributed by atoms with Crippen LogP contribution in [-0.4, -0.2) is 17.1 Å². The molecule has 2 aromatic rings. The lowest BCUT2D eigenvalue weighted by molar-refractivity contribution is 0.0955. The number of thiophene rings is 1. The van der Waals surface area contributed by atoms with Gasteiger partial charge in [0, 0.05) is 28.2 Å². The summed E-state index contributed by atoms with van der Waals surface area (Å²) in [5.74, 6) is 0.244. The van der Waals surface area contributed by atoms with Crippen molar-refractivity contribution in [2.75, 3.05) is 0 Å². The number of carbonyl (C=O) groups excluding carboxylic acids is 1. The van der Waals surface area contributed by atoms with Crippen molar-refractivity contribution in [2.45, 2.75) is 19.8 Å². The number of aromatic nitrogens is 1. The summed E-state index contributed by atoms with van der Waals surface area (Å²) in [5, 5.41) is 5.76. The Morgan fingerprint density at radius 2 is 2.37 bits per heavy atom. The Hall–Kier alpha value is -2.01. The van der Waals surface area contributed by atoms with Crippen LogP contribution >= 0.6 is 11.3 Å². The van der Waals surface area contributed by atoms with Crippen molar-refractivity contribution >= 4 is 23.5 Å². The second kappa shape index (κ2) is 6.24. The third-order valence-electron chi connectivity index (χ3n) is 2.52. The lowest BCUT2D eigenvalue weighted by Gasteiger charge is -1.98. The second-order valence-corrected chi connectivity index (χ2v) is 5.32. The van der Waals surface area contributed by atoms with Crippen LogP contribution in [0.3, 0.4) is 0 Å². The Morgan fingerprint density at radius 1 is 1.53 bits per heavy atom. The fraction of sp³-hybridized carbons (Fsp3) is 0.214. The Kier molecular flexibility index (Phi) is 4.41. The van der Waals surface area contributed by atoms with Gasteiger partial charge in [0.15, 0.2) is 0 Å². The predicted molar refractivity (Wildman–Crippen MR) is 77.7 cm³/mol. The van der Waals surface area contributed by atoms with E-state index >= 15 is 0 Å². The summed E-state index contributed by atoms with van der Waals surface area (Å²) >= 11 is 1.59. The van der Waals surface area contributed by atoms with Crippen molar-refractivity contribution in [1.82, 2.24) is 10.4 Å². The van der Waals surface area contributed by atoms with E-state index in [0.717, 1.165) is 5.56 Å². The average Bonchev–Trinajstić information content (AvgIpc) is 2.89. The maximum Gasteiger partial charge on any atom is 0.272 e. The van der Waals surface area contributed by atoms with Crippen LogP contribution in [0.4, 0.5) is 0 Å². The van der Waals surface area contributed by atoms with E-state index in [2.05, 4.69) is 29.4 Å². The third kappa shape index (κ3) is 3.72. The van der Waals surface area contributed by atoms with Crippen molar-refractivity contribution in [2.24, 2.45) is 5.10 Å². The lowest BCUT2D eigenvalue weighted by Crippen LogP contribution is -2.16. The molecule has 0 unspecified atom stereocenters. The molecule has 1 N–H and O–H groups in total. The molecule has 0 atom stereocenters. The first-order chi connectivity index (χ1) is 9.16. The molecule has 0 aliphatic carbocycles. The molecule has 2 heterocycles. The van der Waals surface area contributed by atoms with E-state index in [1.54, 1.807) is 29.9 Å². The molecule has 0 bridgehead atoms. The number of amides is 1. The molecule has 0 saturated carbocycles. The fourth-order valence-corrected chi connectivity index (χ4v) is 2.36. The lowest BCUT2D eigenvalue weighted by atomic mass is 10.1. The summed E-state index contributed by atoms with van der Waals surface area (Å²) < 4.78 is 0. The van der Waals surface area contributed by atoms with Gasteiger partial charge in [0.2, 0.25) is 0 Å². The maximum atomic E-state index is 11.8. The molecular weight excluding hydrogens is 258 g/mol. The second-order valence-electron chi connectivity index (χ2n) is 4.38. The Morgan fingerprint density at radius 3 is 3.00 bits per heavy atom. The molecule has 0 spiro atoms. The first-order valence-electron chi connectivity index (χ1n) is 5.98. The summed E-state index contributed by atoms with van der Waals surface area (Å²) in [7, 11) is 0. The van der Waals surface area contributed by atoms with E-state index in [0.29, 0.717) is 11.5 Å². The topological polar surface area (TPSA) is 54.4 Å². The molecule has 1 amide bonds. The summed E-state index contributed by atoms with van der Waals surface area (Å²) in [6.45, 7) is 4.21. The molecule has 5 heteroatoms. The van der Waals surface area contributed by atoms with Gasteiger partial charge in [-0.15, -0.1) is 11.3 Å². The first kappa shape index (κ1) is 13.4. The monoisotopic (exact) mass is 273 g/mol. The molecule has 0 aliphatic heterocycles. The Balaban J connectivity index is 1.96. The smallest absolute Gasteiger partial charge is 0.267 e. The van der Waals surface area contributed by atoms with Crippen LogP contribution in [0.1, 0.15) is 40.6 Å². The van der Waals surface area contributed by atoms with Crippen LogP contribution < -0.4 is 5.43 Å². The predicted octanol–water partition coefficient (Wildman–Crippen LogP) is 3.03. The van der Waals surface area contributed by atoms with Crippen molar-refractivity contribution < 1.29 is 4.79 Å². The van der Waals surface area contributed by atoms with Gasteiger partial charge >= 0.3 is 0 Å². The zero-order chi connectivity index (χ0) is 13.7. The summed E-state index contributed by atoms with van der Waals surface area (Å²) in [6.07, 6.45) is 4.94. The summed E-state index contributed by atoms with van der Waals surface area (Å²) in [4.78, 5) is 17.0. The molecule has 19 heavy (non-hydrogen) atoms. The minimum absolute atomic E-state index is 0.191. The standard InChI is InChI=1S/C14H15N3OS/c1-10(2)13-6-12(9-19-13)14(18)17-16-8-11-4-3-5-15-7-11/h3-10H,1-2H3,(H,17,18). The number of hydrogen-bond donors (Lipinski definition) is 1. The van der Waals surface area contributed by atoms with Gasteiger partial charge in [-0.1, -0.05) is 19.9 Å². The summed E-state index contributed by atoms with van der Waals surface area (Å²) in [6, 6.07) is 5.59. The minimum atomic E-state index is -0.191. The highest BCUT2D eigenvalue weighted by molar-refractivity contribution is 7.10. The zero-order valence-electron chi connectivity index (χ0n) is 10.8. The number of carbonyl (C=O) groups is 1. The van der Waals surface area contributed by atoms with Gasteiger partial charge in [-0.25, -0.2) is 5.43 Å². The highest BCUT2D eigenvalue weighted by Gasteiger charge is 2.09. The quantitative estimate of drug-likeness (QED) is 0.687. The average molecular weight is 273 g/mol. The maximum absolute atomic E-state index is 11.8. The first-order valence-corrected chi connectivity index (χ1v) is 6.86. The number of rotatable bonds is 4. The normalized spacial score (nSPS) is 11.1. The van der Waals surface area contributed by atoms with Crippen LogP contribution in [0, 0.1) is 0 Å². The van der Waals surface area contributed by atoms with Crippen molar-refractivity contribution in [3.63, 3.8) is 0 Å². The van der Waals surface area contributed by atoms with E-state index in [4.69, 9.17) is 0 Å². The third-order valence-corrected chi connectivity index (χ3v) is 3.75. The molecule has 0 aliphatic rings. The molecule has 0 aromatic carbocycles. The van der Waals surface area contributed by atoms with Gasteiger partial charge in [0.25, 0.3) is 5.91 Å². The molecule has 4 nitrogen and oxygen atoms in total. The van der Waals surface area contributed by atoms with E-state index < -0.39 is 0 Å². The SMILES string of the molecule is CC(C)c1cc(C(=O)NN=Cc2cccnc2)cs1. The molecule has 0 saturated heterocycles. The van der Waals surface area contributed by atoms with Gasteiger partial charge < -0.3 is 0 Å². The summed E-state index contributed by atoms with van der Waals surface area (Å²) in [5.41, 5.74) is 4.00. The van der Waals surface area contributed by atoms with E-state index in [-0.39, 0.29) is 5.91 Å². The minimum Gasteiger partial charge on any atom is -0.267 e. The van der Waals surface area contributed by atoms with Gasteiger partial charge in [-0.3, -0.25) is 9.78 Å². The van der Waals surface area contributed by atoms with Gasteiger partial charge in [-0.2, -0.15) is 5.10 Å². The number of pyridine rings is 1. The van der Waals surface area contributed by atoms with Crippen LogP contribution in [0.15, 0.2) is 41.1 Å². The molecule has 2 aromatic heterocycles. The van der Waals surface area contributed by atoms with Crippen molar-refractivity contribution in [1.29, 1.82) is 0 Å². The van der Waals surface area contributed by atoms with E-state index in [1.165, 1.54) is 4.88 Å². The molecule has 2 rings (SSSR count). The van der Waals surface area contributed by atoms with E-state index in [9.17, 15) is 4.79 Å². The molecule has 0 radical (unpaired) electrons. The van der Waals surface area contributed by atoms with Crippen LogP contribution in [0.2, 0.25) is 0 Å². The molecule has 98 valence electrons. The molecule has 0 fully saturated rings. The number of hydrazone groups is 1. The zero-order valence-corrected chi connectivity index (χ0v) is 11.6. The number of nitrogens with one attached hydrogen (secondary N) is 1. The van der Waals surface area contributed by atoms with Gasteiger partial charge in [-0.05, 0) is 18.1 Å². The van der Waals surface area contributed by atoms with Gasteiger partial charge in [0.1, 0.15) is 0 Å². The molecular formula is C14H15N3OS. The highest BCUT2D eigenvalue weighted by atomic mass is 32.1. The number of nitrogens with zero attached hydrogens (tertiary/aromatic N) is 2. The number of hydrogen-bond acceptors (Lipinski definition) is 4. The van der Waals surface area contributed by atoms with Crippen molar-refractivity contribution in [3.8, 4) is 0 Å². The van der Waals surface area contributed by atoms with Gasteiger partial charge in [0.05, 0.1) is 11.8 Å². The van der Waals surface area contributed by atoms with Crippen molar-refractivity contribution in [3.05, 3.63) is 52.0 Å². The van der Waals surface area contributed by atoms with Crippen LogP contribution in [-0.2, 0) is 0 Å². The van der Waals surface area contributed by atoms with Crippen LogP contribution in [0.5, 0.6) is 0 Å². The Bertz CT molecular complexity index is 575. The van der Waals surface area contributed by atoms with Crippen LogP contribution in [0.25, 0.3) is 0 Å². The fourth-order valence-electron chi connectivity index (χ4n) is 1.46. The Labute approximate surface area is 116 Å². The largest absolute Gasteiger partial charge is 0.272 e. The van der Waals surface area contributed by atoms with E-state index in [1.807, 2.05) is 23.6 Å².